The summed E-state index contributed by atoms with van der Waals surface area (Å²) in [4.78, 5) is 35.3. The minimum Gasteiger partial charge on any atom is -0.497 e. The number of pyridine rings is 3. The minimum absolute atomic E-state index is 0.245. The van der Waals surface area contributed by atoms with Crippen molar-refractivity contribution in [2.75, 3.05) is 14.2 Å². The molecule has 7 heteroatoms. The molecule has 0 spiro atoms. The first-order chi connectivity index (χ1) is 12.7. The third kappa shape index (κ3) is 3.56. The fourth-order valence-electron chi connectivity index (χ4n) is 2.39. The molecule has 0 saturated heterocycles. The van der Waals surface area contributed by atoms with Crippen molar-refractivity contribution in [2.45, 2.75) is 0 Å². The Labute approximate surface area is 149 Å². The molecule has 3 aromatic heterocycles. The molecule has 26 heavy (non-hydrogen) atoms. The molecule has 3 rings (SSSR count). The molecule has 0 amide bonds. The second kappa shape index (κ2) is 7.52. The Hall–Kier alpha value is -3.61. The van der Waals surface area contributed by atoms with Crippen LogP contribution in [-0.4, -0.2) is 41.7 Å². The van der Waals surface area contributed by atoms with Crippen LogP contribution in [0.2, 0.25) is 0 Å². The lowest BCUT2D eigenvalue weighted by atomic mass is 10.1. The second-order valence-corrected chi connectivity index (χ2v) is 5.28. The molecular weight excluding hydrogens is 334 g/mol. The maximum atomic E-state index is 11.1. The topological polar surface area (TPSA) is 91.3 Å². The third-order valence-electron chi connectivity index (χ3n) is 3.62. The number of rotatable bonds is 6. The minimum atomic E-state index is 0.245. The van der Waals surface area contributed by atoms with Crippen LogP contribution in [0.15, 0.2) is 42.5 Å². The van der Waals surface area contributed by atoms with E-state index in [1.807, 2.05) is 0 Å². The summed E-state index contributed by atoms with van der Waals surface area (Å²) in [5.41, 5.74) is 2.56. The van der Waals surface area contributed by atoms with E-state index >= 15 is 0 Å². The highest BCUT2D eigenvalue weighted by molar-refractivity contribution is 5.76. The van der Waals surface area contributed by atoms with E-state index in [1.54, 1.807) is 42.5 Å². The fraction of sp³-hybridized carbons (Fsp3) is 0.105. The van der Waals surface area contributed by atoms with Gasteiger partial charge in [-0.3, -0.25) is 9.59 Å². The first-order valence-electron chi connectivity index (χ1n) is 7.67. The maximum absolute atomic E-state index is 11.1. The van der Waals surface area contributed by atoms with Gasteiger partial charge in [-0.05, 0) is 12.1 Å². The lowest BCUT2D eigenvalue weighted by molar-refractivity contribution is 0.111. The van der Waals surface area contributed by atoms with Gasteiger partial charge in [0.25, 0.3) is 0 Å². The molecule has 0 unspecified atom stereocenters. The summed E-state index contributed by atoms with van der Waals surface area (Å²) in [6.07, 6.45) is 1.30. The van der Waals surface area contributed by atoms with Gasteiger partial charge in [0.05, 0.1) is 37.0 Å². The molecule has 130 valence electrons. The van der Waals surface area contributed by atoms with Crippen molar-refractivity contribution in [1.82, 2.24) is 15.0 Å². The first kappa shape index (κ1) is 17.2. The number of carbonyl (C=O) groups is 2. The zero-order chi connectivity index (χ0) is 18.5. The molecule has 0 saturated carbocycles. The van der Waals surface area contributed by atoms with Gasteiger partial charge in [-0.25, -0.2) is 15.0 Å². The number of carbonyl (C=O) groups excluding carboxylic acids is 2. The van der Waals surface area contributed by atoms with Gasteiger partial charge in [0, 0.05) is 24.3 Å². The Morgan fingerprint density at radius 3 is 1.54 bits per heavy atom. The first-order valence-corrected chi connectivity index (χ1v) is 7.67. The Bertz CT molecular complexity index is 898. The van der Waals surface area contributed by atoms with Crippen LogP contribution in [0.3, 0.4) is 0 Å². The lowest BCUT2D eigenvalue weighted by Crippen LogP contribution is -1.98. The molecule has 0 bridgehead atoms. The average Bonchev–Trinajstić information content (AvgIpc) is 2.72. The molecule has 0 N–H and O–H groups in total. The van der Waals surface area contributed by atoms with Gasteiger partial charge in [-0.1, -0.05) is 6.07 Å². The highest BCUT2D eigenvalue weighted by Crippen LogP contribution is 2.26. The molecule has 0 aliphatic carbocycles. The summed E-state index contributed by atoms with van der Waals surface area (Å²) < 4.78 is 10.4. The normalized spacial score (nSPS) is 10.2. The summed E-state index contributed by atoms with van der Waals surface area (Å²) in [6.45, 7) is 0. The van der Waals surface area contributed by atoms with Crippen molar-refractivity contribution in [1.29, 1.82) is 0 Å². The number of nitrogens with zero attached hydrogens (tertiary/aromatic N) is 3. The Morgan fingerprint density at radius 2 is 1.15 bits per heavy atom. The quantitative estimate of drug-likeness (QED) is 0.632. The fourth-order valence-corrected chi connectivity index (χ4v) is 2.39. The van der Waals surface area contributed by atoms with Crippen LogP contribution >= 0.6 is 0 Å². The van der Waals surface area contributed by atoms with E-state index in [1.165, 1.54) is 14.2 Å². The van der Waals surface area contributed by atoms with E-state index in [0.29, 0.717) is 46.8 Å². The van der Waals surface area contributed by atoms with E-state index in [0.717, 1.165) is 0 Å². The number of aldehydes is 2. The van der Waals surface area contributed by atoms with Crippen molar-refractivity contribution < 1.29 is 19.1 Å². The molecule has 7 nitrogen and oxygen atoms in total. The largest absolute Gasteiger partial charge is 0.497 e. The predicted molar refractivity (Wildman–Crippen MR) is 94.6 cm³/mol. The van der Waals surface area contributed by atoms with E-state index < -0.39 is 0 Å². The van der Waals surface area contributed by atoms with Crippen LogP contribution < -0.4 is 9.47 Å². The van der Waals surface area contributed by atoms with Crippen molar-refractivity contribution in [3.8, 4) is 34.3 Å². The molecular formula is C19H15N3O4. The van der Waals surface area contributed by atoms with Crippen LogP contribution in [0.1, 0.15) is 21.0 Å². The number of methoxy groups -OCH3 is 2. The van der Waals surface area contributed by atoms with Crippen LogP contribution in [0.25, 0.3) is 22.8 Å². The van der Waals surface area contributed by atoms with Gasteiger partial charge in [-0.15, -0.1) is 0 Å². The summed E-state index contributed by atoms with van der Waals surface area (Å²) in [5.74, 6) is 1.01. The molecule has 0 fully saturated rings. The second-order valence-electron chi connectivity index (χ2n) is 5.28. The van der Waals surface area contributed by atoms with Crippen LogP contribution in [0, 0.1) is 0 Å². The Balaban J connectivity index is 2.10. The van der Waals surface area contributed by atoms with Gasteiger partial charge in [0.2, 0.25) is 0 Å². The van der Waals surface area contributed by atoms with Crippen molar-refractivity contribution in [2.24, 2.45) is 0 Å². The summed E-state index contributed by atoms with van der Waals surface area (Å²) in [7, 11) is 3.03. The molecule has 3 aromatic rings. The summed E-state index contributed by atoms with van der Waals surface area (Å²) in [5, 5.41) is 0. The molecule has 0 aliphatic rings. The molecule has 0 radical (unpaired) electrons. The smallest absolute Gasteiger partial charge is 0.168 e. The van der Waals surface area contributed by atoms with Crippen molar-refractivity contribution in [3.63, 3.8) is 0 Å². The van der Waals surface area contributed by atoms with Crippen LogP contribution in [-0.2, 0) is 0 Å². The van der Waals surface area contributed by atoms with E-state index in [4.69, 9.17) is 9.47 Å². The number of hydrogen-bond acceptors (Lipinski definition) is 7. The van der Waals surface area contributed by atoms with Crippen LogP contribution in [0.5, 0.6) is 11.5 Å². The average molecular weight is 349 g/mol. The summed E-state index contributed by atoms with van der Waals surface area (Å²) in [6, 6.07) is 11.8. The Kier molecular flexibility index (Phi) is 4.98. The highest BCUT2D eigenvalue weighted by Gasteiger charge is 2.11. The van der Waals surface area contributed by atoms with Gasteiger partial charge in [-0.2, -0.15) is 0 Å². The monoisotopic (exact) mass is 349 g/mol. The molecule has 0 aromatic carbocycles. The zero-order valence-electron chi connectivity index (χ0n) is 14.2. The lowest BCUT2D eigenvalue weighted by Gasteiger charge is -2.08. The van der Waals surface area contributed by atoms with E-state index in [-0.39, 0.29) is 11.4 Å². The van der Waals surface area contributed by atoms with E-state index in [9.17, 15) is 9.59 Å². The molecule has 3 heterocycles. The van der Waals surface area contributed by atoms with Gasteiger partial charge in [0.15, 0.2) is 12.6 Å². The van der Waals surface area contributed by atoms with Gasteiger partial charge in [0.1, 0.15) is 22.9 Å². The maximum Gasteiger partial charge on any atom is 0.168 e. The van der Waals surface area contributed by atoms with Crippen LogP contribution in [0.4, 0.5) is 0 Å². The number of ether oxygens (including phenoxy) is 2. The third-order valence-corrected chi connectivity index (χ3v) is 3.62. The van der Waals surface area contributed by atoms with Crippen molar-refractivity contribution in [3.05, 3.63) is 53.9 Å². The number of hydrogen-bond donors (Lipinski definition) is 0. The number of aromatic nitrogens is 3. The van der Waals surface area contributed by atoms with Gasteiger partial charge < -0.3 is 9.47 Å². The Morgan fingerprint density at radius 1 is 0.692 bits per heavy atom. The van der Waals surface area contributed by atoms with Gasteiger partial charge >= 0.3 is 0 Å². The standard InChI is InChI=1S/C19H15N3O4/c1-25-14-6-12(10-23)20-18(8-14)16-4-3-5-17(22-16)19-9-15(26-2)7-13(11-24)21-19/h3-11H,1-2H3. The zero-order valence-corrected chi connectivity index (χ0v) is 14.2. The van der Waals surface area contributed by atoms with E-state index in [2.05, 4.69) is 15.0 Å². The SMILES string of the molecule is COc1cc(C=O)nc(-c2cccc(-c3cc(OC)cc(C=O)n3)n2)c1. The molecule has 0 aliphatic heterocycles. The summed E-state index contributed by atoms with van der Waals surface area (Å²) >= 11 is 0. The predicted octanol–water partition coefficient (Wildman–Crippen LogP) is 2.85. The molecule has 0 atom stereocenters. The highest BCUT2D eigenvalue weighted by atomic mass is 16.5. The van der Waals surface area contributed by atoms with Crippen molar-refractivity contribution >= 4 is 12.6 Å².